The number of rotatable bonds is 14. The Bertz CT molecular complexity index is 1870. The van der Waals surface area contributed by atoms with Crippen molar-refractivity contribution in [2.24, 2.45) is 11.5 Å². The first-order valence-electron chi connectivity index (χ1n) is 16.9. The zero-order valence-corrected chi connectivity index (χ0v) is 28.5. The zero-order chi connectivity index (χ0) is 34.2. The van der Waals surface area contributed by atoms with Crippen LogP contribution in [0.3, 0.4) is 0 Å². The molecule has 4 aromatic carbocycles. The second kappa shape index (κ2) is 16.2. The summed E-state index contributed by atoms with van der Waals surface area (Å²) >= 11 is 6.16. The highest BCUT2D eigenvalue weighted by Crippen LogP contribution is 2.23. The molecule has 0 radical (unpaired) electrons. The van der Waals surface area contributed by atoms with Crippen LogP contribution in [0, 0.1) is 5.41 Å². The molecule has 254 valence electrons. The average Bonchev–Trinajstić information content (AvgIpc) is 3.48. The Morgan fingerprint density at radius 1 is 0.816 bits per heavy atom. The van der Waals surface area contributed by atoms with E-state index >= 15 is 0 Å². The summed E-state index contributed by atoms with van der Waals surface area (Å²) in [6.07, 6.45) is 2.54. The Balaban J connectivity index is 1.26. The van der Waals surface area contributed by atoms with E-state index in [9.17, 15) is 4.79 Å². The van der Waals surface area contributed by atoms with Gasteiger partial charge in [-0.2, -0.15) is 0 Å². The van der Waals surface area contributed by atoms with Crippen molar-refractivity contribution in [1.29, 1.82) is 5.41 Å². The first-order valence-corrected chi connectivity index (χ1v) is 17.3. The number of fused-ring (bicyclic) bond motifs is 1. The topological polar surface area (TPSA) is 126 Å². The average molecular weight is 678 g/mol. The largest absolute Gasteiger partial charge is 0.384 e. The molecule has 0 saturated carbocycles. The molecule has 49 heavy (non-hydrogen) atoms. The van der Waals surface area contributed by atoms with Crippen LogP contribution in [-0.4, -0.2) is 63.9 Å². The lowest BCUT2D eigenvalue weighted by Gasteiger charge is -2.26. The first kappa shape index (κ1) is 34.3. The van der Waals surface area contributed by atoms with E-state index in [-0.39, 0.29) is 11.7 Å². The van der Waals surface area contributed by atoms with Crippen molar-refractivity contribution >= 4 is 34.4 Å². The summed E-state index contributed by atoms with van der Waals surface area (Å²) in [5.41, 5.74) is 18.9. The minimum Gasteiger partial charge on any atom is -0.384 e. The second-order valence-corrected chi connectivity index (χ2v) is 13.0. The van der Waals surface area contributed by atoms with Gasteiger partial charge < -0.3 is 25.7 Å². The molecule has 1 aliphatic rings. The van der Waals surface area contributed by atoms with Crippen LogP contribution in [0.1, 0.15) is 50.4 Å². The summed E-state index contributed by atoms with van der Waals surface area (Å²) < 4.78 is 7.85. The molecule has 9 nitrogen and oxygen atoms in total. The third kappa shape index (κ3) is 8.93. The van der Waals surface area contributed by atoms with E-state index in [1.165, 1.54) is 0 Å². The predicted molar refractivity (Wildman–Crippen MR) is 196 cm³/mol. The molecule has 1 fully saturated rings. The second-order valence-electron chi connectivity index (χ2n) is 12.6. The van der Waals surface area contributed by atoms with E-state index in [1.807, 2.05) is 95.9 Å². The highest BCUT2D eigenvalue weighted by molar-refractivity contribution is 6.30. The Morgan fingerprint density at radius 3 is 2.08 bits per heavy atom. The third-order valence-electron chi connectivity index (χ3n) is 9.14. The van der Waals surface area contributed by atoms with Crippen LogP contribution >= 0.6 is 11.6 Å². The number of amidine groups is 1. The fourth-order valence-electron chi connectivity index (χ4n) is 6.33. The Morgan fingerprint density at radius 2 is 1.43 bits per heavy atom. The lowest BCUT2D eigenvalue weighted by molar-refractivity contribution is 0.0369. The van der Waals surface area contributed by atoms with Crippen molar-refractivity contribution in [1.82, 2.24) is 19.4 Å². The van der Waals surface area contributed by atoms with E-state index in [0.717, 1.165) is 97.8 Å². The molecular formula is C39H44ClN7O2. The summed E-state index contributed by atoms with van der Waals surface area (Å²) in [7, 11) is 0. The van der Waals surface area contributed by atoms with Gasteiger partial charge in [0.2, 0.25) is 0 Å². The summed E-state index contributed by atoms with van der Waals surface area (Å²) in [6.45, 7) is 6.69. The molecule has 0 aliphatic carbocycles. The zero-order valence-electron chi connectivity index (χ0n) is 27.8. The number of nitrogens with one attached hydrogen (secondary N) is 1. The molecule has 2 heterocycles. The van der Waals surface area contributed by atoms with Crippen LogP contribution in [0.5, 0.6) is 0 Å². The number of benzene rings is 4. The highest BCUT2D eigenvalue weighted by Gasteiger charge is 2.20. The fraction of sp³-hybridized carbons (Fsp3) is 0.308. The summed E-state index contributed by atoms with van der Waals surface area (Å²) in [5, 5.41) is 8.36. The number of carbonyl (C=O) groups excluding carboxylic acids is 1. The maximum Gasteiger partial charge on any atom is 0.254 e. The minimum absolute atomic E-state index is 0.0614. The monoisotopic (exact) mass is 677 g/mol. The molecule has 5 N–H and O–H groups in total. The quantitative estimate of drug-likeness (QED) is 0.101. The van der Waals surface area contributed by atoms with Gasteiger partial charge in [-0.3, -0.25) is 15.1 Å². The van der Waals surface area contributed by atoms with Gasteiger partial charge in [0.15, 0.2) is 0 Å². The fourth-order valence-corrected chi connectivity index (χ4v) is 6.46. The smallest absolute Gasteiger partial charge is 0.254 e. The normalized spacial score (nSPS) is 13.5. The molecule has 10 heteroatoms. The molecule has 5 aromatic rings. The van der Waals surface area contributed by atoms with E-state index in [1.54, 1.807) is 0 Å². The standard InChI is InChI=1S/C39H44ClN7O2/c40-34-14-8-31(9-15-34)27-46(26-30-4-2-29(25-41)3-5-30)39(48)33-13-16-36-35(24-33)44-37(17-10-28-6-11-32(12-7-28)38(42)43)47(36)19-1-18-45-20-22-49-23-21-45/h2-9,11-16,24H,1,10,17-23,25-27,41H2,(H3,42,43). The van der Waals surface area contributed by atoms with E-state index < -0.39 is 0 Å². The summed E-state index contributed by atoms with van der Waals surface area (Å²) in [5.74, 6) is 0.999. The van der Waals surface area contributed by atoms with Crippen LogP contribution in [0.2, 0.25) is 5.02 Å². The number of morpholine rings is 1. The van der Waals surface area contributed by atoms with E-state index in [4.69, 9.17) is 38.2 Å². The number of hydrogen-bond donors (Lipinski definition) is 3. The number of nitrogens with zero attached hydrogens (tertiary/aromatic N) is 4. The molecule has 1 amide bonds. The number of hydrogen-bond acceptors (Lipinski definition) is 6. The SMILES string of the molecule is N=C(N)c1ccc(CCc2nc3cc(C(=O)N(Cc4ccc(Cl)cc4)Cc4ccc(CN)cc4)ccc3n2CCCN2CCOCC2)cc1. The molecular weight excluding hydrogens is 634 g/mol. The van der Waals surface area contributed by atoms with Crippen LogP contribution < -0.4 is 11.5 Å². The number of nitrogens with two attached hydrogens (primary N) is 2. The number of carbonyl (C=O) groups is 1. The van der Waals surface area contributed by atoms with Crippen molar-refractivity contribution in [3.63, 3.8) is 0 Å². The van der Waals surface area contributed by atoms with Crippen molar-refractivity contribution in [3.05, 3.63) is 135 Å². The Labute approximate surface area is 292 Å². The maximum atomic E-state index is 14.2. The molecule has 1 saturated heterocycles. The van der Waals surface area contributed by atoms with Crippen molar-refractivity contribution < 1.29 is 9.53 Å². The number of aromatic nitrogens is 2. The highest BCUT2D eigenvalue weighted by atomic mass is 35.5. The molecule has 0 bridgehead atoms. The van der Waals surface area contributed by atoms with Gasteiger partial charge in [0.25, 0.3) is 5.91 Å². The minimum atomic E-state index is -0.0614. The van der Waals surface area contributed by atoms with Crippen LogP contribution in [-0.2, 0) is 43.8 Å². The number of amides is 1. The number of ether oxygens (including phenoxy) is 1. The van der Waals surface area contributed by atoms with Gasteiger partial charge >= 0.3 is 0 Å². The molecule has 1 aliphatic heterocycles. The third-order valence-corrected chi connectivity index (χ3v) is 9.39. The molecule has 6 rings (SSSR count). The Kier molecular flexibility index (Phi) is 11.4. The van der Waals surface area contributed by atoms with Gasteiger partial charge in [-0.1, -0.05) is 72.3 Å². The Hall–Kier alpha value is -4.54. The van der Waals surface area contributed by atoms with Crippen LogP contribution in [0.4, 0.5) is 0 Å². The van der Waals surface area contributed by atoms with E-state index in [2.05, 4.69) is 9.47 Å². The van der Waals surface area contributed by atoms with Gasteiger partial charge in [0.05, 0.1) is 24.2 Å². The van der Waals surface area contributed by atoms with Gasteiger partial charge in [-0.05, 0) is 65.4 Å². The number of nitrogen functional groups attached to an aromatic ring is 1. The number of halogens is 1. The molecule has 0 atom stereocenters. The van der Waals surface area contributed by atoms with E-state index in [0.29, 0.717) is 35.8 Å². The van der Waals surface area contributed by atoms with Crippen molar-refractivity contribution in [3.8, 4) is 0 Å². The molecule has 0 unspecified atom stereocenters. The van der Waals surface area contributed by atoms with Crippen LogP contribution in [0.15, 0.2) is 91.0 Å². The van der Waals surface area contributed by atoms with Gasteiger partial charge in [0, 0.05) is 68.4 Å². The molecule has 0 spiro atoms. The van der Waals surface area contributed by atoms with Gasteiger partial charge in [-0.15, -0.1) is 0 Å². The van der Waals surface area contributed by atoms with Crippen LogP contribution in [0.25, 0.3) is 11.0 Å². The number of imidazole rings is 1. The lowest BCUT2D eigenvalue weighted by Crippen LogP contribution is -2.37. The van der Waals surface area contributed by atoms with Gasteiger partial charge in [-0.25, -0.2) is 4.98 Å². The summed E-state index contributed by atoms with van der Waals surface area (Å²) in [4.78, 5) is 23.7. The lowest BCUT2D eigenvalue weighted by atomic mass is 10.1. The number of aryl methyl sites for hydroxylation is 3. The van der Waals surface area contributed by atoms with Gasteiger partial charge in [0.1, 0.15) is 11.7 Å². The molecule has 1 aromatic heterocycles. The first-order chi connectivity index (χ1) is 23.9. The maximum absolute atomic E-state index is 14.2. The van der Waals surface area contributed by atoms with Crippen molar-refractivity contribution in [2.45, 2.75) is 45.4 Å². The summed E-state index contributed by atoms with van der Waals surface area (Å²) in [6, 6.07) is 29.5. The predicted octanol–water partition coefficient (Wildman–Crippen LogP) is 5.78. The van der Waals surface area contributed by atoms with Crippen molar-refractivity contribution in [2.75, 3.05) is 32.8 Å².